The first-order chi connectivity index (χ1) is 6.09. The molecule has 1 aliphatic heterocycles. The zero-order valence-corrected chi connectivity index (χ0v) is 9.29. The van der Waals surface area contributed by atoms with E-state index in [4.69, 9.17) is 5.73 Å². The molecule has 0 aliphatic carbocycles. The second-order valence-corrected chi connectivity index (χ2v) is 4.95. The number of hydrogen-bond donors (Lipinski definition) is 1. The molecule has 2 unspecified atom stereocenters. The highest BCUT2D eigenvalue weighted by Crippen LogP contribution is 2.20. The average Bonchev–Trinajstić information content (AvgIpc) is 2.47. The Morgan fingerprint density at radius 3 is 2.54 bits per heavy atom. The summed E-state index contributed by atoms with van der Waals surface area (Å²) in [7, 11) is 2.19. The summed E-state index contributed by atoms with van der Waals surface area (Å²) >= 11 is 0. The third kappa shape index (κ3) is 3.65. The molecule has 2 heteroatoms. The molecule has 1 aliphatic rings. The van der Waals surface area contributed by atoms with E-state index in [9.17, 15) is 0 Å². The maximum Gasteiger partial charge on any atom is 0.00799 e. The molecule has 0 aromatic heterocycles. The smallest absolute Gasteiger partial charge is 0.00799 e. The van der Waals surface area contributed by atoms with Crippen molar-refractivity contribution in [3.05, 3.63) is 0 Å². The molecule has 1 saturated heterocycles. The first-order valence-corrected chi connectivity index (χ1v) is 5.53. The number of nitrogens with two attached hydrogens (primary N) is 1. The van der Waals surface area contributed by atoms with Crippen molar-refractivity contribution in [2.45, 2.75) is 39.2 Å². The Hall–Kier alpha value is -0.0800. The van der Waals surface area contributed by atoms with Crippen LogP contribution < -0.4 is 5.73 Å². The van der Waals surface area contributed by atoms with Crippen LogP contribution in [-0.2, 0) is 0 Å². The Labute approximate surface area is 82.5 Å². The van der Waals surface area contributed by atoms with Crippen molar-refractivity contribution in [1.82, 2.24) is 4.90 Å². The SMILES string of the molecule is CC(C)CCC(N)C1CCN(C)C1. The topological polar surface area (TPSA) is 29.3 Å². The summed E-state index contributed by atoms with van der Waals surface area (Å²) in [6.07, 6.45) is 3.79. The van der Waals surface area contributed by atoms with Crippen molar-refractivity contribution >= 4 is 0 Å². The van der Waals surface area contributed by atoms with E-state index in [1.54, 1.807) is 0 Å². The van der Waals surface area contributed by atoms with Crippen LogP contribution in [0.1, 0.15) is 33.1 Å². The predicted molar refractivity (Wildman–Crippen MR) is 57.7 cm³/mol. The van der Waals surface area contributed by atoms with Gasteiger partial charge in [0.2, 0.25) is 0 Å². The van der Waals surface area contributed by atoms with E-state index in [0.29, 0.717) is 6.04 Å². The summed E-state index contributed by atoms with van der Waals surface area (Å²) in [5.41, 5.74) is 6.16. The van der Waals surface area contributed by atoms with Gasteiger partial charge in [0.15, 0.2) is 0 Å². The Morgan fingerprint density at radius 1 is 1.38 bits per heavy atom. The zero-order chi connectivity index (χ0) is 9.84. The first kappa shape index (κ1) is 11.0. The van der Waals surface area contributed by atoms with E-state index in [-0.39, 0.29) is 0 Å². The van der Waals surface area contributed by atoms with Crippen LogP contribution >= 0.6 is 0 Å². The third-order valence-electron chi connectivity index (χ3n) is 3.11. The van der Waals surface area contributed by atoms with Gasteiger partial charge in [-0.1, -0.05) is 13.8 Å². The van der Waals surface area contributed by atoms with Gasteiger partial charge in [-0.15, -0.1) is 0 Å². The van der Waals surface area contributed by atoms with Crippen molar-refractivity contribution < 1.29 is 0 Å². The Kier molecular flexibility index (Phi) is 4.20. The molecule has 0 spiro atoms. The number of likely N-dealkylation sites (tertiary alicyclic amines) is 1. The van der Waals surface area contributed by atoms with Gasteiger partial charge in [0.05, 0.1) is 0 Å². The molecule has 2 nitrogen and oxygen atoms in total. The monoisotopic (exact) mass is 184 g/mol. The molecular weight excluding hydrogens is 160 g/mol. The highest BCUT2D eigenvalue weighted by molar-refractivity contribution is 4.81. The lowest BCUT2D eigenvalue weighted by atomic mass is 9.93. The van der Waals surface area contributed by atoms with Crippen LogP contribution in [0.3, 0.4) is 0 Å². The van der Waals surface area contributed by atoms with Gasteiger partial charge in [0, 0.05) is 12.6 Å². The van der Waals surface area contributed by atoms with Crippen LogP contribution in [0.4, 0.5) is 0 Å². The molecule has 2 N–H and O–H groups in total. The Bertz CT molecular complexity index is 145. The summed E-state index contributed by atoms with van der Waals surface area (Å²) in [4.78, 5) is 2.39. The lowest BCUT2D eigenvalue weighted by Crippen LogP contribution is -2.32. The number of rotatable bonds is 4. The maximum atomic E-state index is 6.16. The molecule has 78 valence electrons. The number of hydrogen-bond acceptors (Lipinski definition) is 2. The molecule has 0 amide bonds. The fraction of sp³-hybridized carbons (Fsp3) is 1.00. The van der Waals surface area contributed by atoms with Crippen LogP contribution in [-0.4, -0.2) is 31.1 Å². The Balaban J connectivity index is 2.19. The van der Waals surface area contributed by atoms with Crippen LogP contribution in [0.25, 0.3) is 0 Å². The summed E-state index contributed by atoms with van der Waals surface area (Å²) in [5, 5.41) is 0. The minimum atomic E-state index is 0.437. The highest BCUT2D eigenvalue weighted by atomic mass is 15.1. The van der Waals surface area contributed by atoms with Crippen LogP contribution in [0, 0.1) is 11.8 Å². The van der Waals surface area contributed by atoms with Gasteiger partial charge in [-0.3, -0.25) is 0 Å². The summed E-state index contributed by atoms with van der Waals surface area (Å²) in [6.45, 7) is 6.99. The molecule has 1 heterocycles. The molecular formula is C11H24N2. The summed E-state index contributed by atoms with van der Waals surface area (Å²) in [5.74, 6) is 1.55. The Morgan fingerprint density at radius 2 is 2.08 bits per heavy atom. The quantitative estimate of drug-likeness (QED) is 0.720. The van der Waals surface area contributed by atoms with Gasteiger partial charge in [0.25, 0.3) is 0 Å². The van der Waals surface area contributed by atoms with Gasteiger partial charge < -0.3 is 10.6 Å². The van der Waals surface area contributed by atoms with E-state index in [1.165, 1.54) is 32.4 Å². The molecule has 0 bridgehead atoms. The molecule has 0 aromatic carbocycles. The lowest BCUT2D eigenvalue weighted by Gasteiger charge is -2.19. The van der Waals surface area contributed by atoms with Gasteiger partial charge in [-0.05, 0) is 44.7 Å². The second kappa shape index (κ2) is 4.97. The standard InChI is InChI=1S/C11H24N2/c1-9(2)4-5-11(12)10-6-7-13(3)8-10/h9-11H,4-8,12H2,1-3H3. The van der Waals surface area contributed by atoms with Crippen molar-refractivity contribution in [3.63, 3.8) is 0 Å². The zero-order valence-electron chi connectivity index (χ0n) is 9.29. The molecule has 0 radical (unpaired) electrons. The van der Waals surface area contributed by atoms with Crippen LogP contribution in [0.2, 0.25) is 0 Å². The summed E-state index contributed by atoms with van der Waals surface area (Å²) in [6, 6.07) is 0.437. The largest absolute Gasteiger partial charge is 0.327 e. The minimum absolute atomic E-state index is 0.437. The third-order valence-corrected chi connectivity index (χ3v) is 3.11. The van der Waals surface area contributed by atoms with Crippen molar-refractivity contribution in [1.29, 1.82) is 0 Å². The second-order valence-electron chi connectivity index (χ2n) is 4.95. The van der Waals surface area contributed by atoms with Crippen LogP contribution in [0.5, 0.6) is 0 Å². The normalized spacial score (nSPS) is 27.0. The van der Waals surface area contributed by atoms with Gasteiger partial charge in [-0.2, -0.15) is 0 Å². The molecule has 0 saturated carbocycles. The first-order valence-electron chi connectivity index (χ1n) is 5.53. The van der Waals surface area contributed by atoms with Crippen molar-refractivity contribution in [2.24, 2.45) is 17.6 Å². The van der Waals surface area contributed by atoms with Gasteiger partial charge >= 0.3 is 0 Å². The number of nitrogens with zero attached hydrogens (tertiary/aromatic N) is 1. The van der Waals surface area contributed by atoms with E-state index in [0.717, 1.165) is 11.8 Å². The van der Waals surface area contributed by atoms with Gasteiger partial charge in [-0.25, -0.2) is 0 Å². The van der Waals surface area contributed by atoms with E-state index in [2.05, 4.69) is 25.8 Å². The molecule has 1 rings (SSSR count). The molecule has 2 atom stereocenters. The van der Waals surface area contributed by atoms with Crippen LogP contribution in [0.15, 0.2) is 0 Å². The lowest BCUT2D eigenvalue weighted by molar-refractivity contribution is 0.349. The molecule has 1 fully saturated rings. The predicted octanol–water partition coefficient (Wildman–Crippen LogP) is 1.70. The highest BCUT2D eigenvalue weighted by Gasteiger charge is 2.24. The van der Waals surface area contributed by atoms with Gasteiger partial charge in [0.1, 0.15) is 0 Å². The average molecular weight is 184 g/mol. The summed E-state index contributed by atoms with van der Waals surface area (Å²) < 4.78 is 0. The fourth-order valence-electron chi connectivity index (χ4n) is 2.08. The van der Waals surface area contributed by atoms with E-state index in [1.807, 2.05) is 0 Å². The van der Waals surface area contributed by atoms with E-state index >= 15 is 0 Å². The minimum Gasteiger partial charge on any atom is -0.327 e. The van der Waals surface area contributed by atoms with Crippen molar-refractivity contribution in [2.75, 3.05) is 20.1 Å². The van der Waals surface area contributed by atoms with Crippen molar-refractivity contribution in [3.8, 4) is 0 Å². The molecule has 13 heavy (non-hydrogen) atoms. The molecule has 0 aromatic rings. The maximum absolute atomic E-state index is 6.16. The van der Waals surface area contributed by atoms with E-state index < -0.39 is 0 Å². The fourth-order valence-corrected chi connectivity index (χ4v) is 2.08.